The van der Waals surface area contributed by atoms with Crippen LogP contribution < -0.4 is 4.74 Å². The Morgan fingerprint density at radius 3 is 2.62 bits per heavy atom. The number of alkyl halides is 3. The third-order valence-corrected chi connectivity index (χ3v) is 4.36. The number of carboxylic acids is 1. The first-order valence-corrected chi connectivity index (χ1v) is 8.02. The van der Waals surface area contributed by atoms with Crippen LogP contribution in [0.25, 0.3) is 0 Å². The Morgan fingerprint density at radius 2 is 2.00 bits per heavy atom. The smallest absolute Gasteiger partial charge is 0.393 e. The first-order chi connectivity index (χ1) is 12.3. The van der Waals surface area contributed by atoms with Crippen LogP contribution in [-0.4, -0.2) is 40.2 Å². The van der Waals surface area contributed by atoms with Gasteiger partial charge in [-0.25, -0.2) is 0 Å². The highest BCUT2D eigenvalue weighted by Crippen LogP contribution is 2.38. The van der Waals surface area contributed by atoms with Crippen LogP contribution >= 0.6 is 0 Å². The number of rotatable bonds is 5. The third kappa shape index (κ3) is 4.13. The van der Waals surface area contributed by atoms with Gasteiger partial charge in [0.05, 0.1) is 18.0 Å². The van der Waals surface area contributed by atoms with Crippen molar-refractivity contribution in [2.75, 3.05) is 13.1 Å². The zero-order valence-electron chi connectivity index (χ0n) is 13.7. The molecule has 0 saturated carbocycles. The first kappa shape index (κ1) is 18.2. The van der Waals surface area contributed by atoms with Crippen molar-refractivity contribution in [1.29, 1.82) is 0 Å². The van der Waals surface area contributed by atoms with Crippen LogP contribution in [0.2, 0.25) is 0 Å². The van der Waals surface area contributed by atoms with Crippen LogP contribution in [0.3, 0.4) is 0 Å². The van der Waals surface area contributed by atoms with Crippen molar-refractivity contribution in [3.8, 4) is 11.5 Å². The van der Waals surface area contributed by atoms with Gasteiger partial charge in [0.15, 0.2) is 0 Å². The molecular formula is C18H17F3N2O3. The van der Waals surface area contributed by atoms with Gasteiger partial charge < -0.3 is 9.84 Å². The molecule has 2 atom stereocenters. The maximum absolute atomic E-state index is 13.1. The molecule has 1 fully saturated rings. The molecule has 0 unspecified atom stereocenters. The summed E-state index contributed by atoms with van der Waals surface area (Å²) in [6, 6.07) is 10.4. The Labute approximate surface area is 148 Å². The fourth-order valence-corrected chi connectivity index (χ4v) is 3.11. The number of carboxylic acid groups (broad SMARTS) is 1. The van der Waals surface area contributed by atoms with Gasteiger partial charge in [-0.1, -0.05) is 18.2 Å². The molecule has 0 amide bonds. The van der Waals surface area contributed by atoms with Gasteiger partial charge in [0.2, 0.25) is 0 Å². The first-order valence-electron chi connectivity index (χ1n) is 8.02. The third-order valence-electron chi connectivity index (χ3n) is 4.36. The number of aromatic nitrogens is 1. The lowest BCUT2D eigenvalue weighted by molar-refractivity contribution is -0.188. The fraction of sp³-hybridized carbons (Fsp3) is 0.333. The second kappa shape index (κ2) is 7.33. The fourth-order valence-electron chi connectivity index (χ4n) is 3.11. The van der Waals surface area contributed by atoms with Crippen molar-refractivity contribution in [1.82, 2.24) is 9.88 Å². The molecule has 0 bridgehead atoms. The number of aliphatic carboxylic acids is 1. The van der Waals surface area contributed by atoms with Crippen LogP contribution in [0, 0.1) is 11.8 Å². The van der Waals surface area contributed by atoms with Crippen molar-refractivity contribution >= 4 is 5.97 Å². The van der Waals surface area contributed by atoms with E-state index < -0.39 is 24.0 Å². The van der Waals surface area contributed by atoms with Crippen molar-refractivity contribution in [3.63, 3.8) is 0 Å². The van der Waals surface area contributed by atoms with E-state index in [4.69, 9.17) is 9.84 Å². The van der Waals surface area contributed by atoms with Gasteiger partial charge in [0, 0.05) is 31.4 Å². The lowest BCUT2D eigenvalue weighted by Gasteiger charge is -2.19. The zero-order chi connectivity index (χ0) is 18.7. The number of benzene rings is 1. The molecule has 1 aliphatic rings. The summed E-state index contributed by atoms with van der Waals surface area (Å²) in [5.41, 5.74) is 0.684. The second-order valence-electron chi connectivity index (χ2n) is 6.19. The number of ether oxygens (including phenoxy) is 1. The monoisotopic (exact) mass is 366 g/mol. The van der Waals surface area contributed by atoms with E-state index in [1.54, 1.807) is 42.6 Å². The lowest BCUT2D eigenvalue weighted by Crippen LogP contribution is -2.33. The van der Waals surface area contributed by atoms with Crippen molar-refractivity contribution in [2.45, 2.75) is 12.7 Å². The van der Waals surface area contributed by atoms with E-state index in [9.17, 15) is 18.0 Å². The van der Waals surface area contributed by atoms with E-state index in [2.05, 4.69) is 4.98 Å². The summed E-state index contributed by atoms with van der Waals surface area (Å²) in [6.07, 6.45) is -1.40. The molecule has 1 N–H and O–H groups in total. The van der Waals surface area contributed by atoms with Gasteiger partial charge in [-0.2, -0.15) is 13.2 Å². The van der Waals surface area contributed by atoms with Crippen LogP contribution in [0.15, 0.2) is 48.8 Å². The number of nitrogens with zero attached hydrogens (tertiary/aromatic N) is 2. The molecule has 1 aromatic carbocycles. The molecule has 138 valence electrons. The van der Waals surface area contributed by atoms with E-state index in [1.807, 2.05) is 0 Å². The average Bonchev–Trinajstić information content (AvgIpc) is 3.02. The highest BCUT2D eigenvalue weighted by atomic mass is 19.4. The maximum Gasteiger partial charge on any atom is 0.393 e. The van der Waals surface area contributed by atoms with Gasteiger partial charge in [0.1, 0.15) is 11.5 Å². The highest BCUT2D eigenvalue weighted by Gasteiger charge is 2.52. The van der Waals surface area contributed by atoms with E-state index in [1.165, 1.54) is 11.1 Å². The Kier molecular flexibility index (Phi) is 5.13. The molecule has 0 spiro atoms. The minimum absolute atomic E-state index is 0.152. The summed E-state index contributed by atoms with van der Waals surface area (Å²) in [5.74, 6) is -3.73. The Morgan fingerprint density at radius 1 is 1.23 bits per heavy atom. The standard InChI is InChI=1S/C18H17F3N2O3/c19-18(20,21)15-11-23(10-14(15)17(24)25)9-12-4-1-2-6-16(12)26-13-5-3-7-22-8-13/h1-8,14-15H,9-11H2,(H,24,25)/t14-,15-/m1/s1. The molecule has 2 aromatic rings. The molecule has 8 heteroatoms. The van der Waals surface area contributed by atoms with Gasteiger partial charge >= 0.3 is 12.1 Å². The number of hydrogen-bond acceptors (Lipinski definition) is 4. The highest BCUT2D eigenvalue weighted by molar-refractivity contribution is 5.71. The zero-order valence-corrected chi connectivity index (χ0v) is 13.7. The van der Waals surface area contributed by atoms with E-state index in [0.717, 1.165) is 0 Å². The van der Waals surface area contributed by atoms with Gasteiger partial charge in [0.25, 0.3) is 0 Å². The van der Waals surface area contributed by atoms with Gasteiger partial charge in [-0.05, 0) is 18.2 Å². The lowest BCUT2D eigenvalue weighted by atomic mass is 9.96. The Balaban J connectivity index is 1.76. The number of carbonyl (C=O) groups is 1. The topological polar surface area (TPSA) is 62.7 Å². The minimum Gasteiger partial charge on any atom is -0.481 e. The molecule has 2 heterocycles. The summed E-state index contributed by atoms with van der Waals surface area (Å²) in [6.45, 7) is -0.324. The molecular weight excluding hydrogens is 349 g/mol. The normalized spacial score (nSPS) is 20.9. The van der Waals surface area contributed by atoms with E-state index >= 15 is 0 Å². The number of pyridine rings is 1. The minimum atomic E-state index is -4.54. The number of halogens is 3. The maximum atomic E-state index is 13.1. The number of hydrogen-bond donors (Lipinski definition) is 1. The molecule has 1 saturated heterocycles. The summed E-state index contributed by atoms with van der Waals surface area (Å²) in [5, 5.41) is 9.12. The molecule has 1 aromatic heterocycles. The average molecular weight is 366 g/mol. The summed E-state index contributed by atoms with van der Waals surface area (Å²) in [7, 11) is 0. The van der Waals surface area contributed by atoms with Crippen LogP contribution in [0.4, 0.5) is 13.2 Å². The predicted octanol–water partition coefficient (Wildman–Crippen LogP) is 3.57. The molecule has 0 radical (unpaired) electrons. The second-order valence-corrected chi connectivity index (χ2v) is 6.19. The summed E-state index contributed by atoms with van der Waals surface area (Å²) >= 11 is 0. The molecule has 1 aliphatic heterocycles. The van der Waals surface area contributed by atoms with Crippen molar-refractivity contribution in [2.24, 2.45) is 11.8 Å². The largest absolute Gasteiger partial charge is 0.481 e. The molecule has 5 nitrogen and oxygen atoms in total. The van der Waals surface area contributed by atoms with Crippen LogP contribution in [0.1, 0.15) is 5.56 Å². The number of likely N-dealkylation sites (tertiary alicyclic amines) is 1. The number of para-hydroxylation sites is 1. The molecule has 26 heavy (non-hydrogen) atoms. The van der Waals surface area contributed by atoms with E-state index in [0.29, 0.717) is 17.1 Å². The van der Waals surface area contributed by atoms with Crippen molar-refractivity contribution < 1.29 is 27.8 Å². The molecule has 3 rings (SSSR count). The van der Waals surface area contributed by atoms with Crippen LogP contribution in [-0.2, 0) is 11.3 Å². The summed E-state index contributed by atoms with van der Waals surface area (Å²) < 4.78 is 45.1. The van der Waals surface area contributed by atoms with E-state index in [-0.39, 0.29) is 19.6 Å². The van der Waals surface area contributed by atoms with Crippen LogP contribution in [0.5, 0.6) is 11.5 Å². The SMILES string of the molecule is O=C(O)[C@@H]1CN(Cc2ccccc2Oc2cccnc2)C[C@H]1C(F)(F)F. The van der Waals surface area contributed by atoms with Gasteiger partial charge in [-0.15, -0.1) is 0 Å². The van der Waals surface area contributed by atoms with Gasteiger partial charge in [-0.3, -0.25) is 14.7 Å². The predicted molar refractivity (Wildman–Crippen MR) is 86.7 cm³/mol. The molecule has 0 aliphatic carbocycles. The Bertz CT molecular complexity index is 768. The quantitative estimate of drug-likeness (QED) is 0.877. The van der Waals surface area contributed by atoms with Crippen molar-refractivity contribution in [3.05, 3.63) is 54.4 Å². The Hall–Kier alpha value is -2.61. The summed E-state index contributed by atoms with van der Waals surface area (Å²) in [4.78, 5) is 16.7.